The van der Waals surface area contributed by atoms with Crippen molar-refractivity contribution in [3.63, 3.8) is 0 Å². The molecule has 0 saturated heterocycles. The van der Waals surface area contributed by atoms with Crippen LogP contribution in [0.4, 0.5) is 5.69 Å². The van der Waals surface area contributed by atoms with Gasteiger partial charge in [-0.25, -0.2) is 8.42 Å². The first-order chi connectivity index (χ1) is 14.4. The number of nitrogens with one attached hydrogen (secondary N) is 3. The molecule has 0 radical (unpaired) electrons. The molecular weight excluding hydrogens is 527 g/mol. The molecule has 0 saturated carbocycles. The lowest BCUT2D eigenvalue weighted by molar-refractivity contribution is -0.116. The summed E-state index contributed by atoms with van der Waals surface area (Å²) in [6.07, 6.45) is 1.02. The number of benzene rings is 2. The van der Waals surface area contributed by atoms with Crippen molar-refractivity contribution in [3.05, 3.63) is 60.2 Å². The van der Waals surface area contributed by atoms with Crippen LogP contribution < -0.4 is 16.0 Å². The van der Waals surface area contributed by atoms with Gasteiger partial charge in [-0.05, 0) is 30.2 Å². The largest absolute Gasteiger partial charge is 0.356 e. The highest BCUT2D eigenvalue weighted by molar-refractivity contribution is 14.0. The summed E-state index contributed by atoms with van der Waals surface area (Å²) < 4.78 is 25.4. The number of halogens is 1. The molecular formula is C22H29IN4O3S. The highest BCUT2D eigenvalue weighted by atomic mass is 127. The van der Waals surface area contributed by atoms with Crippen molar-refractivity contribution in [2.45, 2.75) is 36.6 Å². The second kappa shape index (κ2) is 11.5. The lowest BCUT2D eigenvalue weighted by Gasteiger charge is -2.27. The summed E-state index contributed by atoms with van der Waals surface area (Å²) in [7, 11) is -1.76. The molecule has 2 atom stereocenters. The third-order valence-corrected chi connectivity index (χ3v) is 7.03. The molecule has 2 unspecified atom stereocenters. The molecule has 168 valence electrons. The number of amides is 1. The molecule has 0 aliphatic carbocycles. The maximum Gasteiger partial charge on any atom is 0.225 e. The lowest BCUT2D eigenvalue weighted by Crippen LogP contribution is -2.47. The average molecular weight is 556 g/mol. The Labute approximate surface area is 201 Å². The van der Waals surface area contributed by atoms with E-state index < -0.39 is 9.84 Å². The SMILES string of the molecule is CCC(CS(=O)(=O)c1ccccc1)NC(=NC)NCC1CC(=O)Nc2ccccc21.I. The number of anilines is 1. The number of aliphatic imine (C=N–C) groups is 1. The van der Waals surface area contributed by atoms with Crippen LogP contribution in [0.25, 0.3) is 0 Å². The minimum Gasteiger partial charge on any atom is -0.356 e. The number of carbonyl (C=O) groups is 1. The van der Waals surface area contributed by atoms with Gasteiger partial charge in [-0.15, -0.1) is 24.0 Å². The van der Waals surface area contributed by atoms with Crippen molar-refractivity contribution in [3.8, 4) is 0 Å². The summed E-state index contributed by atoms with van der Waals surface area (Å²) in [5, 5.41) is 9.36. The molecule has 0 fully saturated rings. The predicted octanol–water partition coefficient (Wildman–Crippen LogP) is 3.15. The summed E-state index contributed by atoms with van der Waals surface area (Å²) in [5.41, 5.74) is 1.92. The number of nitrogens with zero attached hydrogens (tertiary/aromatic N) is 1. The molecule has 31 heavy (non-hydrogen) atoms. The molecule has 0 bridgehead atoms. The van der Waals surface area contributed by atoms with Gasteiger partial charge in [0.2, 0.25) is 5.91 Å². The van der Waals surface area contributed by atoms with E-state index in [1.807, 2.05) is 31.2 Å². The van der Waals surface area contributed by atoms with Gasteiger partial charge in [0.05, 0.1) is 10.6 Å². The summed E-state index contributed by atoms with van der Waals surface area (Å²) in [5.74, 6) is 0.502. The molecule has 0 aromatic heterocycles. The molecule has 1 aliphatic rings. The molecule has 0 spiro atoms. The fourth-order valence-corrected chi connectivity index (χ4v) is 5.16. The number of hydrogen-bond donors (Lipinski definition) is 3. The highest BCUT2D eigenvalue weighted by Gasteiger charge is 2.25. The smallest absolute Gasteiger partial charge is 0.225 e. The molecule has 2 aromatic rings. The molecule has 3 rings (SSSR count). The highest BCUT2D eigenvalue weighted by Crippen LogP contribution is 2.31. The van der Waals surface area contributed by atoms with E-state index in [2.05, 4.69) is 20.9 Å². The van der Waals surface area contributed by atoms with E-state index in [-0.39, 0.29) is 47.6 Å². The third-order valence-electron chi connectivity index (χ3n) is 5.20. The van der Waals surface area contributed by atoms with E-state index in [1.165, 1.54) is 0 Å². The Hall–Kier alpha value is -2.14. The first kappa shape index (κ1) is 25.1. The Balaban J connectivity index is 0.00000341. The third kappa shape index (κ3) is 6.67. The van der Waals surface area contributed by atoms with Gasteiger partial charge in [-0.3, -0.25) is 9.79 Å². The van der Waals surface area contributed by atoms with Crippen LogP contribution in [0.1, 0.15) is 31.2 Å². The molecule has 1 aliphatic heterocycles. The minimum absolute atomic E-state index is 0. The van der Waals surface area contributed by atoms with Gasteiger partial charge in [0, 0.05) is 37.7 Å². The first-order valence-electron chi connectivity index (χ1n) is 10.1. The van der Waals surface area contributed by atoms with Crippen LogP contribution in [0.3, 0.4) is 0 Å². The fourth-order valence-electron chi connectivity index (χ4n) is 3.54. The molecule has 1 amide bonds. The number of guanidine groups is 1. The normalized spacial score (nSPS) is 17.0. The Morgan fingerprint density at radius 2 is 1.84 bits per heavy atom. The van der Waals surface area contributed by atoms with Gasteiger partial charge in [-0.1, -0.05) is 43.3 Å². The number of rotatable bonds is 7. The minimum atomic E-state index is -3.41. The van der Waals surface area contributed by atoms with Crippen molar-refractivity contribution in [1.29, 1.82) is 0 Å². The summed E-state index contributed by atoms with van der Waals surface area (Å²) in [6.45, 7) is 2.46. The van der Waals surface area contributed by atoms with Crippen LogP contribution in [0.5, 0.6) is 0 Å². The Morgan fingerprint density at radius 3 is 2.52 bits per heavy atom. The Kier molecular flexibility index (Phi) is 9.30. The Bertz CT molecular complexity index is 1010. The van der Waals surface area contributed by atoms with Gasteiger partial charge in [0.25, 0.3) is 0 Å². The second-order valence-corrected chi connectivity index (χ2v) is 9.37. The van der Waals surface area contributed by atoms with E-state index in [0.29, 0.717) is 30.2 Å². The van der Waals surface area contributed by atoms with E-state index in [0.717, 1.165) is 11.3 Å². The summed E-state index contributed by atoms with van der Waals surface area (Å²) in [4.78, 5) is 16.6. The molecule has 9 heteroatoms. The predicted molar refractivity (Wildman–Crippen MR) is 135 cm³/mol. The average Bonchev–Trinajstić information content (AvgIpc) is 2.76. The fraction of sp³-hybridized carbons (Fsp3) is 0.364. The molecule has 3 N–H and O–H groups in total. The zero-order chi connectivity index (χ0) is 21.6. The Morgan fingerprint density at radius 1 is 1.16 bits per heavy atom. The monoisotopic (exact) mass is 556 g/mol. The summed E-state index contributed by atoms with van der Waals surface area (Å²) in [6, 6.07) is 15.9. The van der Waals surface area contributed by atoms with Gasteiger partial charge in [0.15, 0.2) is 15.8 Å². The van der Waals surface area contributed by atoms with Crippen LogP contribution in [0, 0.1) is 0 Å². The van der Waals surface area contributed by atoms with E-state index in [4.69, 9.17) is 0 Å². The zero-order valence-electron chi connectivity index (χ0n) is 17.7. The van der Waals surface area contributed by atoms with Gasteiger partial charge in [-0.2, -0.15) is 0 Å². The van der Waals surface area contributed by atoms with Crippen molar-refractivity contribution in [2.75, 3.05) is 24.7 Å². The van der Waals surface area contributed by atoms with E-state index >= 15 is 0 Å². The number of hydrogen-bond acceptors (Lipinski definition) is 4. The van der Waals surface area contributed by atoms with Crippen LogP contribution in [0.15, 0.2) is 64.5 Å². The summed E-state index contributed by atoms with van der Waals surface area (Å²) >= 11 is 0. The van der Waals surface area contributed by atoms with Gasteiger partial charge in [0.1, 0.15) is 0 Å². The van der Waals surface area contributed by atoms with Gasteiger partial charge < -0.3 is 16.0 Å². The van der Waals surface area contributed by atoms with Crippen molar-refractivity contribution in [1.82, 2.24) is 10.6 Å². The van der Waals surface area contributed by atoms with Crippen LogP contribution in [-0.4, -0.2) is 45.7 Å². The van der Waals surface area contributed by atoms with E-state index in [1.54, 1.807) is 37.4 Å². The molecule has 7 nitrogen and oxygen atoms in total. The van der Waals surface area contributed by atoms with Crippen molar-refractivity contribution < 1.29 is 13.2 Å². The van der Waals surface area contributed by atoms with Crippen molar-refractivity contribution >= 4 is 51.4 Å². The quantitative estimate of drug-likeness (QED) is 0.277. The van der Waals surface area contributed by atoms with Crippen LogP contribution in [-0.2, 0) is 14.6 Å². The van der Waals surface area contributed by atoms with E-state index in [9.17, 15) is 13.2 Å². The zero-order valence-corrected chi connectivity index (χ0v) is 20.8. The number of para-hydroxylation sites is 1. The first-order valence-corrected chi connectivity index (χ1v) is 11.7. The van der Waals surface area contributed by atoms with Gasteiger partial charge >= 0.3 is 0 Å². The maximum atomic E-state index is 12.7. The number of carbonyl (C=O) groups excluding carboxylic acids is 1. The van der Waals surface area contributed by atoms with Crippen molar-refractivity contribution in [2.24, 2.45) is 4.99 Å². The standard InChI is InChI=1S/C22H28N4O3S.HI/c1-3-17(15-30(28,29)18-9-5-4-6-10-18)25-22(23-2)24-14-16-13-21(27)26-20-12-8-7-11-19(16)20;/h4-12,16-17H,3,13-15H2,1-2H3,(H,26,27)(H2,23,24,25);1H. The second-order valence-electron chi connectivity index (χ2n) is 7.33. The number of sulfone groups is 1. The molecule has 1 heterocycles. The number of fused-ring (bicyclic) bond motifs is 1. The topological polar surface area (TPSA) is 99.7 Å². The van der Waals surface area contributed by atoms with Crippen LogP contribution in [0.2, 0.25) is 0 Å². The molecule has 2 aromatic carbocycles. The maximum absolute atomic E-state index is 12.7. The lowest BCUT2D eigenvalue weighted by atomic mass is 9.90. The van der Waals surface area contributed by atoms with Crippen LogP contribution >= 0.6 is 24.0 Å².